The molecule has 2 N–H and O–H groups in total. The van der Waals surface area contributed by atoms with Crippen molar-refractivity contribution in [3.05, 3.63) is 0 Å². The Morgan fingerprint density at radius 1 is 1.56 bits per heavy atom. The molecule has 0 spiro atoms. The quantitative estimate of drug-likeness (QED) is 0.761. The molecule has 0 saturated carbocycles. The minimum atomic E-state index is -0.810. The van der Waals surface area contributed by atoms with Crippen LogP contribution in [0.5, 0.6) is 0 Å². The zero-order chi connectivity index (χ0) is 13.6. The molecule has 4 heteroatoms. The second kappa shape index (κ2) is 7.10. The average molecular weight is 257 g/mol. The molecule has 106 valence electrons. The van der Waals surface area contributed by atoms with Crippen molar-refractivity contribution in [1.29, 1.82) is 0 Å². The molecule has 0 bridgehead atoms. The van der Waals surface area contributed by atoms with Gasteiger partial charge in [-0.25, -0.2) is 0 Å². The zero-order valence-electron chi connectivity index (χ0n) is 11.9. The first-order valence-electron chi connectivity index (χ1n) is 6.98. The van der Waals surface area contributed by atoms with Gasteiger partial charge in [-0.3, -0.25) is 4.79 Å². The molecule has 0 aromatic carbocycles. The topological polar surface area (TPSA) is 58.6 Å². The first-order chi connectivity index (χ1) is 8.41. The van der Waals surface area contributed by atoms with Gasteiger partial charge in [-0.1, -0.05) is 13.8 Å². The molecule has 0 aromatic heterocycles. The smallest absolute Gasteiger partial charge is 0.225 e. The average Bonchev–Trinajstić information content (AvgIpc) is 2.35. The third-order valence-corrected chi connectivity index (χ3v) is 3.43. The number of rotatable bonds is 6. The van der Waals surface area contributed by atoms with Crippen molar-refractivity contribution in [3.8, 4) is 0 Å². The van der Waals surface area contributed by atoms with E-state index < -0.39 is 5.60 Å². The van der Waals surface area contributed by atoms with E-state index in [1.54, 1.807) is 6.92 Å². The van der Waals surface area contributed by atoms with E-state index in [4.69, 9.17) is 4.74 Å². The molecule has 4 nitrogen and oxygen atoms in total. The second-order valence-electron chi connectivity index (χ2n) is 6.06. The predicted molar refractivity (Wildman–Crippen MR) is 71.2 cm³/mol. The summed E-state index contributed by atoms with van der Waals surface area (Å²) in [6, 6.07) is 0. The lowest BCUT2D eigenvalue weighted by atomic mass is 9.94. The highest BCUT2D eigenvalue weighted by Crippen LogP contribution is 2.17. The Kier molecular flexibility index (Phi) is 6.09. The van der Waals surface area contributed by atoms with Crippen LogP contribution in [0.2, 0.25) is 0 Å². The van der Waals surface area contributed by atoms with E-state index in [0.717, 1.165) is 25.9 Å². The number of carbonyl (C=O) groups excluding carboxylic acids is 1. The number of nitrogens with one attached hydrogen (secondary N) is 1. The van der Waals surface area contributed by atoms with Crippen LogP contribution >= 0.6 is 0 Å². The minimum absolute atomic E-state index is 0.0134. The number of hydrogen-bond donors (Lipinski definition) is 2. The first kappa shape index (κ1) is 15.4. The number of aliphatic hydroxyl groups is 1. The maximum absolute atomic E-state index is 11.9. The predicted octanol–water partition coefficient (Wildman–Crippen LogP) is 1.72. The number of carbonyl (C=O) groups is 1. The largest absolute Gasteiger partial charge is 0.388 e. The molecule has 0 radical (unpaired) electrons. The SMILES string of the molecule is CC(C)CC[C@](C)(O)CNC(=O)[C@H]1CCCOC1. The molecule has 0 aromatic rings. The van der Waals surface area contributed by atoms with Crippen LogP contribution in [-0.2, 0) is 9.53 Å². The van der Waals surface area contributed by atoms with Gasteiger partial charge in [-0.05, 0) is 38.5 Å². The minimum Gasteiger partial charge on any atom is -0.388 e. The number of amides is 1. The monoisotopic (exact) mass is 257 g/mol. The Labute approximate surface area is 110 Å². The Bertz CT molecular complexity index is 258. The van der Waals surface area contributed by atoms with Gasteiger partial charge in [0.05, 0.1) is 18.1 Å². The van der Waals surface area contributed by atoms with E-state index in [1.165, 1.54) is 0 Å². The van der Waals surface area contributed by atoms with E-state index in [2.05, 4.69) is 19.2 Å². The lowest BCUT2D eigenvalue weighted by Crippen LogP contribution is -2.44. The fourth-order valence-corrected chi connectivity index (χ4v) is 2.06. The fraction of sp³-hybridized carbons (Fsp3) is 0.929. The molecule has 1 aliphatic rings. The molecule has 2 atom stereocenters. The Balaban J connectivity index is 2.27. The Hall–Kier alpha value is -0.610. The van der Waals surface area contributed by atoms with Crippen LogP contribution in [0.25, 0.3) is 0 Å². The molecule has 18 heavy (non-hydrogen) atoms. The molecule has 1 heterocycles. The van der Waals surface area contributed by atoms with Crippen molar-refractivity contribution in [2.24, 2.45) is 11.8 Å². The van der Waals surface area contributed by atoms with Gasteiger partial charge in [-0.15, -0.1) is 0 Å². The van der Waals surface area contributed by atoms with E-state index in [9.17, 15) is 9.90 Å². The molecule has 1 amide bonds. The maximum atomic E-state index is 11.9. The fourth-order valence-electron chi connectivity index (χ4n) is 2.06. The molecular formula is C14H27NO3. The first-order valence-corrected chi connectivity index (χ1v) is 6.98. The van der Waals surface area contributed by atoms with Crippen LogP contribution in [0.1, 0.15) is 46.5 Å². The molecule has 0 aliphatic carbocycles. The van der Waals surface area contributed by atoms with Crippen molar-refractivity contribution >= 4 is 5.91 Å². The third-order valence-electron chi connectivity index (χ3n) is 3.43. The Morgan fingerprint density at radius 2 is 2.28 bits per heavy atom. The highest BCUT2D eigenvalue weighted by molar-refractivity contribution is 5.78. The summed E-state index contributed by atoms with van der Waals surface area (Å²) in [6.07, 6.45) is 3.52. The van der Waals surface area contributed by atoms with Gasteiger partial charge in [0.25, 0.3) is 0 Å². The second-order valence-corrected chi connectivity index (χ2v) is 6.06. The summed E-state index contributed by atoms with van der Waals surface area (Å²) >= 11 is 0. The van der Waals surface area contributed by atoms with Crippen LogP contribution in [0.3, 0.4) is 0 Å². The van der Waals surface area contributed by atoms with Crippen molar-refractivity contribution in [3.63, 3.8) is 0 Å². The van der Waals surface area contributed by atoms with Gasteiger partial charge >= 0.3 is 0 Å². The van der Waals surface area contributed by atoms with E-state index >= 15 is 0 Å². The van der Waals surface area contributed by atoms with Gasteiger partial charge < -0.3 is 15.2 Å². The van der Waals surface area contributed by atoms with Crippen molar-refractivity contribution in [1.82, 2.24) is 5.32 Å². The van der Waals surface area contributed by atoms with E-state index in [-0.39, 0.29) is 11.8 Å². The van der Waals surface area contributed by atoms with Crippen LogP contribution in [-0.4, -0.2) is 36.4 Å². The standard InChI is InChI=1S/C14H27NO3/c1-11(2)6-7-14(3,17)10-15-13(16)12-5-4-8-18-9-12/h11-12,17H,4-10H2,1-3H3,(H,15,16)/t12-,14-/m0/s1. The number of ether oxygens (including phenoxy) is 1. The maximum Gasteiger partial charge on any atom is 0.225 e. The van der Waals surface area contributed by atoms with Crippen LogP contribution in [0, 0.1) is 11.8 Å². The highest BCUT2D eigenvalue weighted by atomic mass is 16.5. The Morgan fingerprint density at radius 3 is 2.83 bits per heavy atom. The van der Waals surface area contributed by atoms with Gasteiger partial charge in [-0.2, -0.15) is 0 Å². The van der Waals surface area contributed by atoms with Crippen molar-refractivity contribution < 1.29 is 14.6 Å². The van der Waals surface area contributed by atoms with Crippen molar-refractivity contribution in [2.75, 3.05) is 19.8 Å². The van der Waals surface area contributed by atoms with Gasteiger partial charge in [0.15, 0.2) is 0 Å². The zero-order valence-corrected chi connectivity index (χ0v) is 11.9. The van der Waals surface area contributed by atoms with E-state index in [0.29, 0.717) is 25.5 Å². The summed E-state index contributed by atoms with van der Waals surface area (Å²) in [7, 11) is 0. The summed E-state index contributed by atoms with van der Waals surface area (Å²) in [5.74, 6) is 0.540. The molecule has 1 rings (SSSR count). The summed E-state index contributed by atoms with van der Waals surface area (Å²) in [4.78, 5) is 11.9. The molecule has 1 saturated heterocycles. The van der Waals surface area contributed by atoms with Crippen LogP contribution in [0.4, 0.5) is 0 Å². The van der Waals surface area contributed by atoms with Crippen LogP contribution < -0.4 is 5.32 Å². The third kappa shape index (κ3) is 5.83. The molecule has 1 aliphatic heterocycles. The molecular weight excluding hydrogens is 230 g/mol. The van der Waals surface area contributed by atoms with Gasteiger partial charge in [0.1, 0.15) is 0 Å². The number of hydrogen-bond acceptors (Lipinski definition) is 3. The summed E-state index contributed by atoms with van der Waals surface area (Å²) < 4.78 is 5.29. The summed E-state index contributed by atoms with van der Waals surface area (Å²) in [5, 5.41) is 13.0. The summed E-state index contributed by atoms with van der Waals surface area (Å²) in [6.45, 7) is 7.65. The highest BCUT2D eigenvalue weighted by Gasteiger charge is 2.25. The molecule has 1 fully saturated rings. The lowest BCUT2D eigenvalue weighted by Gasteiger charge is -2.27. The van der Waals surface area contributed by atoms with Crippen molar-refractivity contribution in [2.45, 2.75) is 52.1 Å². The van der Waals surface area contributed by atoms with Gasteiger partial charge in [0.2, 0.25) is 5.91 Å². The van der Waals surface area contributed by atoms with Crippen LogP contribution in [0.15, 0.2) is 0 Å². The lowest BCUT2D eigenvalue weighted by molar-refractivity contribution is -0.130. The normalized spacial score (nSPS) is 23.7. The van der Waals surface area contributed by atoms with E-state index in [1.807, 2.05) is 0 Å². The molecule has 0 unspecified atom stereocenters. The van der Waals surface area contributed by atoms with Gasteiger partial charge in [0, 0.05) is 13.2 Å². The summed E-state index contributed by atoms with van der Waals surface area (Å²) in [5.41, 5.74) is -0.810.